The Balaban J connectivity index is 1.41. The number of aryl methyl sites for hydroxylation is 1. The predicted molar refractivity (Wildman–Crippen MR) is 113 cm³/mol. The second-order valence-electron chi connectivity index (χ2n) is 8.77. The first-order chi connectivity index (χ1) is 14.5. The number of benzene rings is 1. The zero-order valence-corrected chi connectivity index (χ0v) is 16.7. The molecule has 4 heterocycles. The fourth-order valence-electron chi connectivity index (χ4n) is 4.79. The van der Waals surface area contributed by atoms with Crippen molar-refractivity contribution in [3.8, 4) is 11.1 Å². The Morgan fingerprint density at radius 3 is 2.87 bits per heavy atom. The van der Waals surface area contributed by atoms with Gasteiger partial charge in [-0.3, -0.25) is 4.79 Å². The van der Waals surface area contributed by atoms with Crippen LogP contribution in [0.5, 0.6) is 0 Å². The predicted octanol–water partition coefficient (Wildman–Crippen LogP) is 3.68. The third-order valence-corrected chi connectivity index (χ3v) is 6.55. The number of nitrogens with one attached hydrogen (secondary N) is 2. The van der Waals surface area contributed by atoms with Crippen LogP contribution in [-0.4, -0.2) is 31.4 Å². The van der Waals surface area contributed by atoms with E-state index in [1.165, 1.54) is 18.9 Å². The number of imidazole rings is 1. The van der Waals surface area contributed by atoms with Crippen molar-refractivity contribution >= 4 is 16.6 Å². The maximum atomic E-state index is 14.5. The molecule has 6 rings (SSSR count). The minimum atomic E-state index is -0.386. The zero-order chi connectivity index (χ0) is 20.5. The highest BCUT2D eigenvalue weighted by Crippen LogP contribution is 2.46. The number of hydrogen-bond donors (Lipinski definition) is 2. The molecule has 2 N–H and O–H groups in total. The Kier molecular flexibility index (Phi) is 3.68. The molecule has 0 radical (unpaired) electrons. The molecule has 3 aromatic heterocycles. The van der Waals surface area contributed by atoms with Crippen molar-refractivity contribution in [3.05, 3.63) is 64.3 Å². The van der Waals surface area contributed by atoms with Crippen LogP contribution in [0, 0.1) is 12.7 Å². The van der Waals surface area contributed by atoms with Crippen molar-refractivity contribution in [1.82, 2.24) is 24.7 Å². The SMILES string of the molecule is Cc1cn2cc(-c3ccc4nc(C5CCNC6(CC6)C5)[nH]c(=O)c4c3)cc(F)c2n1. The molecule has 1 aromatic carbocycles. The summed E-state index contributed by atoms with van der Waals surface area (Å²) in [5.41, 5.74) is 3.33. The second-order valence-corrected chi connectivity index (χ2v) is 8.77. The molecule has 1 aliphatic carbocycles. The molecule has 6 nitrogen and oxygen atoms in total. The molecule has 1 saturated heterocycles. The summed E-state index contributed by atoms with van der Waals surface area (Å²) in [6.07, 6.45) is 8.06. The second kappa shape index (κ2) is 6.22. The lowest BCUT2D eigenvalue weighted by molar-refractivity contribution is 0.337. The summed E-state index contributed by atoms with van der Waals surface area (Å²) in [7, 11) is 0. The minimum Gasteiger partial charge on any atom is -0.311 e. The Hall–Kier alpha value is -3.06. The molecule has 1 saturated carbocycles. The molecule has 7 heteroatoms. The number of nitrogens with zero attached hydrogens (tertiary/aromatic N) is 3. The number of rotatable bonds is 2. The van der Waals surface area contributed by atoms with E-state index < -0.39 is 0 Å². The Labute approximate surface area is 172 Å². The van der Waals surface area contributed by atoms with Crippen molar-refractivity contribution in [1.29, 1.82) is 0 Å². The van der Waals surface area contributed by atoms with Crippen LogP contribution in [0.25, 0.3) is 27.7 Å². The van der Waals surface area contributed by atoms with Gasteiger partial charge in [0.2, 0.25) is 0 Å². The first-order valence-corrected chi connectivity index (χ1v) is 10.4. The number of aromatic amines is 1. The van der Waals surface area contributed by atoms with Crippen LogP contribution in [0.15, 0.2) is 41.5 Å². The van der Waals surface area contributed by atoms with Crippen LogP contribution in [0.3, 0.4) is 0 Å². The first-order valence-electron chi connectivity index (χ1n) is 10.4. The van der Waals surface area contributed by atoms with Gasteiger partial charge in [0, 0.05) is 29.4 Å². The van der Waals surface area contributed by atoms with E-state index in [9.17, 15) is 9.18 Å². The van der Waals surface area contributed by atoms with Gasteiger partial charge in [-0.1, -0.05) is 6.07 Å². The monoisotopic (exact) mass is 403 g/mol. The summed E-state index contributed by atoms with van der Waals surface area (Å²) in [6.45, 7) is 2.80. The number of piperidine rings is 1. The van der Waals surface area contributed by atoms with Crippen LogP contribution >= 0.6 is 0 Å². The first kappa shape index (κ1) is 17.8. The number of halogens is 1. The van der Waals surface area contributed by atoms with Gasteiger partial charge in [-0.05, 0) is 62.9 Å². The van der Waals surface area contributed by atoms with Gasteiger partial charge in [0.25, 0.3) is 5.56 Å². The molecule has 2 fully saturated rings. The molecule has 1 atom stereocenters. The molecule has 0 amide bonds. The van der Waals surface area contributed by atoms with E-state index in [-0.39, 0.29) is 22.8 Å². The largest absolute Gasteiger partial charge is 0.311 e. The highest BCUT2D eigenvalue weighted by molar-refractivity contribution is 5.84. The highest BCUT2D eigenvalue weighted by atomic mass is 19.1. The summed E-state index contributed by atoms with van der Waals surface area (Å²) < 4.78 is 16.2. The molecular weight excluding hydrogens is 381 g/mol. The normalized spacial score (nSPS) is 20.3. The Morgan fingerprint density at radius 1 is 1.17 bits per heavy atom. The lowest BCUT2D eigenvalue weighted by Crippen LogP contribution is -2.39. The van der Waals surface area contributed by atoms with E-state index in [2.05, 4.69) is 15.3 Å². The maximum Gasteiger partial charge on any atom is 0.258 e. The van der Waals surface area contributed by atoms with Gasteiger partial charge in [-0.2, -0.15) is 0 Å². The van der Waals surface area contributed by atoms with E-state index in [0.29, 0.717) is 22.1 Å². The molecule has 2 aliphatic rings. The summed E-state index contributed by atoms with van der Waals surface area (Å²) >= 11 is 0. The third kappa shape index (κ3) is 2.84. The molecule has 4 aromatic rings. The van der Waals surface area contributed by atoms with Crippen LogP contribution in [0.1, 0.15) is 43.1 Å². The van der Waals surface area contributed by atoms with Gasteiger partial charge in [-0.15, -0.1) is 0 Å². The van der Waals surface area contributed by atoms with Crippen LogP contribution in [-0.2, 0) is 0 Å². The lowest BCUT2D eigenvalue weighted by atomic mass is 9.90. The molecule has 1 spiro atoms. The van der Waals surface area contributed by atoms with Crippen molar-refractivity contribution in [2.24, 2.45) is 0 Å². The highest BCUT2D eigenvalue weighted by Gasteiger charge is 2.46. The van der Waals surface area contributed by atoms with E-state index in [0.717, 1.165) is 36.5 Å². The number of H-pyrrole nitrogens is 1. The third-order valence-electron chi connectivity index (χ3n) is 6.55. The van der Waals surface area contributed by atoms with Crippen LogP contribution in [0.4, 0.5) is 4.39 Å². The van der Waals surface area contributed by atoms with E-state index >= 15 is 0 Å². The summed E-state index contributed by atoms with van der Waals surface area (Å²) in [6, 6.07) is 7.01. The Bertz CT molecular complexity index is 1370. The average Bonchev–Trinajstić information content (AvgIpc) is 3.35. The molecule has 0 bridgehead atoms. The van der Waals surface area contributed by atoms with Gasteiger partial charge in [0.05, 0.1) is 16.6 Å². The fourth-order valence-corrected chi connectivity index (χ4v) is 4.79. The van der Waals surface area contributed by atoms with Gasteiger partial charge in [-0.25, -0.2) is 14.4 Å². The molecule has 152 valence electrons. The van der Waals surface area contributed by atoms with Crippen LogP contribution < -0.4 is 10.9 Å². The summed E-state index contributed by atoms with van der Waals surface area (Å²) in [5.74, 6) is 0.684. The van der Waals surface area contributed by atoms with Gasteiger partial charge in [0.1, 0.15) is 5.82 Å². The van der Waals surface area contributed by atoms with E-state index in [1.807, 2.05) is 25.3 Å². The van der Waals surface area contributed by atoms with Crippen molar-refractivity contribution in [2.75, 3.05) is 6.54 Å². The molecule has 30 heavy (non-hydrogen) atoms. The quantitative estimate of drug-likeness (QED) is 0.535. The number of hydrogen-bond acceptors (Lipinski definition) is 4. The zero-order valence-electron chi connectivity index (χ0n) is 16.7. The summed E-state index contributed by atoms with van der Waals surface area (Å²) in [5, 5.41) is 4.13. The van der Waals surface area contributed by atoms with Gasteiger partial charge >= 0.3 is 0 Å². The van der Waals surface area contributed by atoms with Gasteiger partial charge < -0.3 is 14.7 Å². The van der Waals surface area contributed by atoms with E-state index in [1.54, 1.807) is 16.7 Å². The maximum absolute atomic E-state index is 14.5. The topological polar surface area (TPSA) is 75.1 Å². The lowest BCUT2D eigenvalue weighted by Gasteiger charge is -2.29. The van der Waals surface area contributed by atoms with Crippen LogP contribution in [0.2, 0.25) is 0 Å². The van der Waals surface area contributed by atoms with E-state index in [4.69, 9.17) is 4.98 Å². The standard InChI is InChI=1S/C23H22FN5O/c1-13-11-29-12-16(9-18(24)21(29)26-13)14-2-3-19-17(8-14)22(30)28-20(27-19)15-4-7-25-23(10-15)5-6-23/h2-3,8-9,11-12,15,25H,4-7,10H2,1H3,(H,27,28,30). The summed E-state index contributed by atoms with van der Waals surface area (Å²) in [4.78, 5) is 24.9. The average molecular weight is 403 g/mol. The molecule has 1 aliphatic heterocycles. The Morgan fingerprint density at radius 2 is 2.03 bits per heavy atom. The number of fused-ring (bicyclic) bond motifs is 2. The van der Waals surface area contributed by atoms with Crippen molar-refractivity contribution < 1.29 is 4.39 Å². The van der Waals surface area contributed by atoms with Crippen molar-refractivity contribution in [2.45, 2.75) is 44.1 Å². The molecule has 1 unspecified atom stereocenters. The molecular formula is C23H22FN5O. The minimum absolute atomic E-state index is 0.139. The fraction of sp³-hybridized carbons (Fsp3) is 0.348. The number of aromatic nitrogens is 4. The van der Waals surface area contributed by atoms with Crippen molar-refractivity contribution in [3.63, 3.8) is 0 Å². The smallest absolute Gasteiger partial charge is 0.258 e. The van der Waals surface area contributed by atoms with Gasteiger partial charge in [0.15, 0.2) is 11.5 Å². The number of pyridine rings is 1.